The molecule has 0 aromatic carbocycles. The van der Waals surface area contributed by atoms with Gasteiger partial charge in [0.1, 0.15) is 16.3 Å². The van der Waals surface area contributed by atoms with Gasteiger partial charge in [0.15, 0.2) is 0 Å². The van der Waals surface area contributed by atoms with Gasteiger partial charge in [0, 0.05) is 5.38 Å². The molecule has 1 aromatic rings. The first kappa shape index (κ1) is 13.6. The van der Waals surface area contributed by atoms with Crippen molar-refractivity contribution in [2.24, 2.45) is 0 Å². The molecule has 0 saturated carbocycles. The summed E-state index contributed by atoms with van der Waals surface area (Å²) in [5.41, 5.74) is -0.455. The average Bonchev–Trinajstić information content (AvgIpc) is 2.53. The van der Waals surface area contributed by atoms with Gasteiger partial charge in [-0.1, -0.05) is 11.3 Å². The topological polar surface area (TPSA) is 51.7 Å². The molecule has 1 fully saturated rings. The van der Waals surface area contributed by atoms with Gasteiger partial charge >= 0.3 is 6.09 Å². The van der Waals surface area contributed by atoms with Crippen molar-refractivity contribution in [2.75, 3.05) is 13.1 Å². The largest absolute Gasteiger partial charge is 0.463 e. The Bertz CT molecular complexity index is 438. The molecule has 1 aromatic heterocycles. The third kappa shape index (κ3) is 3.58. The maximum atomic E-state index is 11.7. The van der Waals surface area contributed by atoms with E-state index in [1.807, 2.05) is 26.2 Å². The summed E-state index contributed by atoms with van der Waals surface area (Å²) in [5, 5.41) is 2.48. The maximum absolute atomic E-state index is 11.7. The van der Waals surface area contributed by atoms with Gasteiger partial charge in [-0.05, 0) is 36.7 Å². The third-order valence-electron chi connectivity index (χ3n) is 2.22. The van der Waals surface area contributed by atoms with Crippen LogP contribution in [0.2, 0.25) is 0 Å². The van der Waals surface area contributed by atoms with Crippen molar-refractivity contribution < 1.29 is 14.3 Å². The molecule has 18 heavy (non-hydrogen) atoms. The second kappa shape index (κ2) is 5.05. The molecule has 0 atom stereocenters. The number of hydrogen-bond acceptors (Lipinski definition) is 5. The van der Waals surface area contributed by atoms with E-state index in [1.165, 1.54) is 11.3 Å². The van der Waals surface area contributed by atoms with E-state index in [-0.39, 0.29) is 12.2 Å². The summed E-state index contributed by atoms with van der Waals surface area (Å²) in [6.45, 7) is 6.65. The number of rotatable bonds is 2. The first-order valence-electron chi connectivity index (χ1n) is 5.59. The minimum absolute atomic E-state index is 0.00979. The van der Waals surface area contributed by atoms with Gasteiger partial charge in [0.2, 0.25) is 0 Å². The summed E-state index contributed by atoms with van der Waals surface area (Å²) in [6, 6.07) is 0. The Hall–Kier alpha value is -0.820. The minimum Gasteiger partial charge on any atom is -0.463 e. The fourth-order valence-electron chi connectivity index (χ4n) is 1.42. The van der Waals surface area contributed by atoms with E-state index in [4.69, 9.17) is 9.47 Å². The highest BCUT2D eigenvalue weighted by atomic mass is 79.9. The smallest absolute Gasteiger partial charge is 0.410 e. The van der Waals surface area contributed by atoms with Crippen molar-refractivity contribution in [3.63, 3.8) is 0 Å². The Morgan fingerprint density at radius 2 is 2.22 bits per heavy atom. The SMILES string of the molecule is CC(C)(C)OC(=O)N1CC(Oc2nc(Br)cs2)C1. The molecule has 0 unspecified atom stereocenters. The van der Waals surface area contributed by atoms with Gasteiger partial charge in [-0.25, -0.2) is 4.79 Å². The highest BCUT2D eigenvalue weighted by molar-refractivity contribution is 9.10. The molecule has 1 aliphatic rings. The first-order chi connectivity index (χ1) is 8.33. The molecule has 2 rings (SSSR count). The molecule has 0 aliphatic carbocycles. The molecular formula is C11H15BrN2O3S. The Kier molecular flexibility index (Phi) is 3.82. The van der Waals surface area contributed by atoms with Crippen LogP contribution in [-0.4, -0.2) is 40.8 Å². The first-order valence-corrected chi connectivity index (χ1v) is 7.26. The number of hydrogen-bond donors (Lipinski definition) is 0. The van der Waals surface area contributed by atoms with Gasteiger partial charge < -0.3 is 14.4 Å². The van der Waals surface area contributed by atoms with Gasteiger partial charge in [-0.15, -0.1) is 0 Å². The van der Waals surface area contributed by atoms with Gasteiger partial charge in [-0.3, -0.25) is 0 Å². The van der Waals surface area contributed by atoms with E-state index in [2.05, 4.69) is 20.9 Å². The lowest BCUT2D eigenvalue weighted by Crippen LogP contribution is -2.57. The van der Waals surface area contributed by atoms with E-state index in [9.17, 15) is 4.79 Å². The lowest BCUT2D eigenvalue weighted by molar-refractivity contribution is -0.0222. The Morgan fingerprint density at radius 1 is 1.56 bits per heavy atom. The molecular weight excluding hydrogens is 320 g/mol. The van der Waals surface area contributed by atoms with E-state index >= 15 is 0 Å². The third-order valence-corrected chi connectivity index (χ3v) is 3.66. The monoisotopic (exact) mass is 334 g/mol. The summed E-state index contributed by atoms with van der Waals surface area (Å²) in [6.07, 6.45) is -0.279. The van der Waals surface area contributed by atoms with Crippen molar-refractivity contribution >= 4 is 33.4 Å². The second-order valence-corrected chi connectivity index (χ2v) is 6.69. The second-order valence-electron chi connectivity index (χ2n) is 5.06. The van der Waals surface area contributed by atoms with Crippen LogP contribution in [0.5, 0.6) is 5.19 Å². The summed E-state index contributed by atoms with van der Waals surface area (Å²) >= 11 is 4.70. The molecule has 0 spiro atoms. The highest BCUT2D eigenvalue weighted by Gasteiger charge is 2.35. The molecule has 1 amide bonds. The van der Waals surface area contributed by atoms with Crippen molar-refractivity contribution in [2.45, 2.75) is 32.5 Å². The van der Waals surface area contributed by atoms with Crippen LogP contribution in [0.4, 0.5) is 4.79 Å². The van der Waals surface area contributed by atoms with Gasteiger partial charge in [0.05, 0.1) is 13.1 Å². The molecule has 7 heteroatoms. The summed E-state index contributed by atoms with van der Waals surface area (Å²) < 4.78 is 11.6. The predicted octanol–water partition coefficient (Wildman–Crippen LogP) is 2.90. The normalized spacial score (nSPS) is 16.3. The van der Waals surface area contributed by atoms with Gasteiger partial charge in [0.25, 0.3) is 5.19 Å². The van der Waals surface area contributed by atoms with E-state index in [0.717, 1.165) is 4.60 Å². The molecule has 1 saturated heterocycles. The number of ether oxygens (including phenoxy) is 2. The van der Waals surface area contributed by atoms with E-state index in [1.54, 1.807) is 4.90 Å². The standard InChI is InChI=1S/C11H15BrN2O3S/c1-11(2,3)17-10(15)14-4-7(5-14)16-9-13-8(12)6-18-9/h6-7H,4-5H2,1-3H3. The Morgan fingerprint density at radius 3 is 2.72 bits per heavy atom. The number of halogens is 1. The van der Waals surface area contributed by atoms with Crippen LogP contribution >= 0.6 is 27.3 Å². The van der Waals surface area contributed by atoms with Crippen LogP contribution in [0.15, 0.2) is 9.98 Å². The van der Waals surface area contributed by atoms with Gasteiger partial charge in [-0.2, -0.15) is 4.98 Å². The maximum Gasteiger partial charge on any atom is 0.410 e. The zero-order chi connectivity index (χ0) is 13.3. The number of aromatic nitrogens is 1. The van der Waals surface area contributed by atoms with Crippen molar-refractivity contribution in [3.05, 3.63) is 9.98 Å². The predicted molar refractivity (Wildman–Crippen MR) is 72.0 cm³/mol. The van der Waals surface area contributed by atoms with Crippen molar-refractivity contribution in [3.8, 4) is 5.19 Å². The van der Waals surface area contributed by atoms with Crippen molar-refractivity contribution in [1.82, 2.24) is 9.88 Å². The van der Waals surface area contributed by atoms with Crippen LogP contribution in [0.1, 0.15) is 20.8 Å². The molecule has 2 heterocycles. The summed E-state index contributed by atoms with van der Waals surface area (Å²) in [7, 11) is 0. The number of amides is 1. The quantitative estimate of drug-likeness (QED) is 0.834. The minimum atomic E-state index is -0.455. The Labute approximate surface area is 118 Å². The summed E-state index contributed by atoms with van der Waals surface area (Å²) in [5.74, 6) is 0. The van der Waals surface area contributed by atoms with Crippen LogP contribution in [0, 0.1) is 0 Å². The number of nitrogens with zero attached hydrogens (tertiary/aromatic N) is 2. The van der Waals surface area contributed by atoms with Crippen LogP contribution in [-0.2, 0) is 4.74 Å². The van der Waals surface area contributed by atoms with Crippen LogP contribution in [0.3, 0.4) is 0 Å². The van der Waals surface area contributed by atoms with Crippen molar-refractivity contribution in [1.29, 1.82) is 0 Å². The number of carbonyl (C=O) groups is 1. The van der Waals surface area contributed by atoms with Crippen LogP contribution in [0.25, 0.3) is 0 Å². The van der Waals surface area contributed by atoms with E-state index < -0.39 is 5.60 Å². The zero-order valence-corrected chi connectivity index (χ0v) is 12.9. The molecule has 1 aliphatic heterocycles. The summed E-state index contributed by atoms with van der Waals surface area (Å²) in [4.78, 5) is 17.4. The van der Waals surface area contributed by atoms with Crippen LogP contribution < -0.4 is 4.74 Å². The molecule has 5 nitrogen and oxygen atoms in total. The average molecular weight is 335 g/mol. The lowest BCUT2D eigenvalue weighted by atomic mass is 10.2. The number of carbonyl (C=O) groups excluding carboxylic acids is 1. The fraction of sp³-hybridized carbons (Fsp3) is 0.636. The van der Waals surface area contributed by atoms with E-state index in [0.29, 0.717) is 18.3 Å². The molecule has 0 bridgehead atoms. The fourth-order valence-corrected chi connectivity index (χ4v) is 2.58. The molecule has 0 radical (unpaired) electrons. The molecule has 100 valence electrons. The zero-order valence-electron chi connectivity index (χ0n) is 10.5. The Balaban J connectivity index is 1.75. The number of thiazole rings is 1. The lowest BCUT2D eigenvalue weighted by Gasteiger charge is -2.38. The highest BCUT2D eigenvalue weighted by Crippen LogP contribution is 2.25. The number of likely N-dealkylation sites (tertiary alicyclic amines) is 1. The molecule has 0 N–H and O–H groups in total.